The lowest BCUT2D eigenvalue weighted by molar-refractivity contribution is 0.0706. The molecule has 0 spiro atoms. The molecule has 0 bridgehead atoms. The van der Waals surface area contributed by atoms with Gasteiger partial charge in [0.15, 0.2) is 5.65 Å². The third kappa shape index (κ3) is 2.34. The molecular weight excluding hydrogens is 261 g/mol. The van der Waals surface area contributed by atoms with Gasteiger partial charge < -0.3 is 15.4 Å². The summed E-state index contributed by atoms with van der Waals surface area (Å²) in [5, 5.41) is 4.34. The van der Waals surface area contributed by atoms with Crippen LogP contribution in [0.5, 0.6) is 0 Å². The summed E-state index contributed by atoms with van der Waals surface area (Å²) in [6, 6.07) is 3.15. The smallest absolute Gasteiger partial charge is 0.245 e. The Morgan fingerprint density at radius 2 is 2.35 bits per heavy atom. The van der Waals surface area contributed by atoms with Crippen molar-refractivity contribution in [2.75, 3.05) is 25.1 Å². The SMILES string of the molecule is COC1CCN(c2nc3ccc(F)cn3n2)C(CN)C1. The molecule has 0 radical (unpaired) electrons. The highest BCUT2D eigenvalue weighted by molar-refractivity contribution is 5.45. The molecule has 0 saturated carbocycles. The predicted molar refractivity (Wildman–Crippen MR) is 73.2 cm³/mol. The van der Waals surface area contributed by atoms with Crippen LogP contribution in [0.3, 0.4) is 0 Å². The van der Waals surface area contributed by atoms with E-state index in [0.717, 1.165) is 19.4 Å². The largest absolute Gasteiger partial charge is 0.381 e. The van der Waals surface area contributed by atoms with Gasteiger partial charge in [0.1, 0.15) is 5.82 Å². The second kappa shape index (κ2) is 5.34. The number of anilines is 1. The fourth-order valence-corrected chi connectivity index (χ4v) is 2.68. The molecule has 0 aromatic carbocycles. The van der Waals surface area contributed by atoms with Gasteiger partial charge in [-0.25, -0.2) is 8.91 Å². The Labute approximate surface area is 116 Å². The number of nitrogens with two attached hydrogens (primary N) is 1. The second-order valence-electron chi connectivity index (χ2n) is 5.03. The minimum Gasteiger partial charge on any atom is -0.381 e. The summed E-state index contributed by atoms with van der Waals surface area (Å²) in [5.74, 6) is 0.267. The zero-order chi connectivity index (χ0) is 14.1. The summed E-state index contributed by atoms with van der Waals surface area (Å²) in [6.45, 7) is 1.31. The maximum Gasteiger partial charge on any atom is 0.245 e. The van der Waals surface area contributed by atoms with Gasteiger partial charge in [0.2, 0.25) is 5.95 Å². The van der Waals surface area contributed by atoms with E-state index in [0.29, 0.717) is 18.1 Å². The van der Waals surface area contributed by atoms with Gasteiger partial charge in [0.05, 0.1) is 12.3 Å². The van der Waals surface area contributed by atoms with Crippen molar-refractivity contribution in [1.82, 2.24) is 14.6 Å². The van der Waals surface area contributed by atoms with E-state index < -0.39 is 0 Å². The third-order valence-corrected chi connectivity index (χ3v) is 3.81. The number of methoxy groups -OCH3 is 1. The summed E-state index contributed by atoms with van der Waals surface area (Å²) in [6.07, 6.45) is 3.33. The summed E-state index contributed by atoms with van der Waals surface area (Å²) in [5.41, 5.74) is 6.48. The van der Waals surface area contributed by atoms with Crippen molar-refractivity contribution in [2.45, 2.75) is 25.0 Å². The van der Waals surface area contributed by atoms with Gasteiger partial charge in [0, 0.05) is 26.2 Å². The minimum absolute atomic E-state index is 0.149. The molecule has 2 unspecified atom stereocenters. The van der Waals surface area contributed by atoms with E-state index in [-0.39, 0.29) is 18.0 Å². The molecule has 2 aromatic rings. The van der Waals surface area contributed by atoms with Crippen molar-refractivity contribution in [3.63, 3.8) is 0 Å². The molecule has 1 saturated heterocycles. The molecule has 2 atom stereocenters. The van der Waals surface area contributed by atoms with Gasteiger partial charge >= 0.3 is 0 Å². The normalized spacial score (nSPS) is 23.4. The van der Waals surface area contributed by atoms with Crippen molar-refractivity contribution < 1.29 is 9.13 Å². The zero-order valence-electron chi connectivity index (χ0n) is 11.4. The Morgan fingerprint density at radius 1 is 1.50 bits per heavy atom. The van der Waals surface area contributed by atoms with Crippen LogP contribution in [0.1, 0.15) is 12.8 Å². The summed E-state index contributed by atoms with van der Waals surface area (Å²) < 4.78 is 20.1. The highest BCUT2D eigenvalue weighted by atomic mass is 19.1. The maximum atomic E-state index is 13.2. The standard InChI is InChI=1S/C13H18FN5O/c1-20-11-4-5-18(10(6-11)7-15)13-16-12-3-2-9(14)8-19(12)17-13/h2-3,8,10-11H,4-7,15H2,1H3. The number of piperidine rings is 1. The topological polar surface area (TPSA) is 68.7 Å². The number of halogens is 1. The van der Waals surface area contributed by atoms with Crippen LogP contribution >= 0.6 is 0 Å². The highest BCUT2D eigenvalue weighted by Gasteiger charge is 2.29. The number of nitrogens with zero attached hydrogens (tertiary/aromatic N) is 4. The van der Waals surface area contributed by atoms with Crippen molar-refractivity contribution in [2.24, 2.45) is 5.73 Å². The number of fused-ring (bicyclic) bond motifs is 1. The number of pyridine rings is 1. The molecule has 0 amide bonds. The first-order valence-electron chi connectivity index (χ1n) is 6.72. The van der Waals surface area contributed by atoms with E-state index in [1.54, 1.807) is 13.2 Å². The molecule has 6 nitrogen and oxygen atoms in total. The lowest BCUT2D eigenvalue weighted by Crippen LogP contribution is -2.49. The highest BCUT2D eigenvalue weighted by Crippen LogP contribution is 2.23. The summed E-state index contributed by atoms with van der Waals surface area (Å²) in [4.78, 5) is 6.53. The fraction of sp³-hybridized carbons (Fsp3) is 0.538. The first-order chi connectivity index (χ1) is 9.71. The van der Waals surface area contributed by atoms with Gasteiger partial charge in [-0.2, -0.15) is 4.98 Å². The van der Waals surface area contributed by atoms with E-state index in [2.05, 4.69) is 15.0 Å². The maximum absolute atomic E-state index is 13.2. The molecule has 108 valence electrons. The Bertz CT molecular complexity index is 601. The van der Waals surface area contributed by atoms with E-state index in [1.807, 2.05) is 0 Å². The number of rotatable bonds is 3. The molecule has 3 rings (SSSR count). The van der Waals surface area contributed by atoms with E-state index in [9.17, 15) is 4.39 Å². The minimum atomic E-state index is -0.331. The quantitative estimate of drug-likeness (QED) is 0.900. The summed E-state index contributed by atoms with van der Waals surface area (Å²) in [7, 11) is 1.72. The Hall–Kier alpha value is -1.73. The number of ether oxygens (including phenoxy) is 1. The zero-order valence-corrected chi connectivity index (χ0v) is 11.4. The molecule has 1 aliphatic heterocycles. The van der Waals surface area contributed by atoms with Crippen LogP contribution in [0.4, 0.5) is 10.3 Å². The lowest BCUT2D eigenvalue weighted by atomic mass is 10.00. The van der Waals surface area contributed by atoms with Crippen LogP contribution in [-0.4, -0.2) is 46.9 Å². The van der Waals surface area contributed by atoms with Crippen LogP contribution in [0.15, 0.2) is 18.3 Å². The average Bonchev–Trinajstić information content (AvgIpc) is 2.89. The van der Waals surface area contributed by atoms with Gasteiger partial charge in [-0.1, -0.05) is 0 Å². The molecule has 1 fully saturated rings. The Morgan fingerprint density at radius 3 is 3.10 bits per heavy atom. The van der Waals surface area contributed by atoms with Crippen LogP contribution in [0, 0.1) is 5.82 Å². The first kappa shape index (κ1) is 13.3. The predicted octanol–water partition coefficient (Wildman–Crippen LogP) is 0.811. The molecule has 2 aromatic heterocycles. The number of hydrogen-bond donors (Lipinski definition) is 1. The van der Waals surface area contributed by atoms with Crippen LogP contribution < -0.4 is 10.6 Å². The molecule has 20 heavy (non-hydrogen) atoms. The monoisotopic (exact) mass is 279 g/mol. The number of aromatic nitrogens is 3. The Balaban J connectivity index is 1.89. The van der Waals surface area contributed by atoms with Crippen molar-refractivity contribution >= 4 is 11.6 Å². The first-order valence-corrected chi connectivity index (χ1v) is 6.72. The van der Waals surface area contributed by atoms with Crippen LogP contribution in [0.25, 0.3) is 5.65 Å². The van der Waals surface area contributed by atoms with Crippen molar-refractivity contribution in [3.05, 3.63) is 24.1 Å². The molecule has 3 heterocycles. The Kier molecular flexibility index (Phi) is 3.54. The molecule has 1 aliphatic rings. The van der Waals surface area contributed by atoms with Crippen LogP contribution in [-0.2, 0) is 4.74 Å². The molecule has 7 heteroatoms. The van der Waals surface area contributed by atoms with Crippen molar-refractivity contribution in [1.29, 1.82) is 0 Å². The van der Waals surface area contributed by atoms with Gasteiger partial charge in [-0.3, -0.25) is 0 Å². The molecule has 0 aliphatic carbocycles. The van der Waals surface area contributed by atoms with Gasteiger partial charge in [-0.05, 0) is 25.0 Å². The molecular formula is C13H18FN5O. The van der Waals surface area contributed by atoms with E-state index in [4.69, 9.17) is 10.5 Å². The lowest BCUT2D eigenvalue weighted by Gasteiger charge is -2.37. The van der Waals surface area contributed by atoms with E-state index >= 15 is 0 Å². The fourth-order valence-electron chi connectivity index (χ4n) is 2.68. The van der Waals surface area contributed by atoms with Gasteiger partial charge in [0.25, 0.3) is 0 Å². The van der Waals surface area contributed by atoms with E-state index in [1.165, 1.54) is 16.8 Å². The average molecular weight is 279 g/mol. The third-order valence-electron chi connectivity index (χ3n) is 3.81. The van der Waals surface area contributed by atoms with Gasteiger partial charge in [-0.15, -0.1) is 5.10 Å². The number of hydrogen-bond acceptors (Lipinski definition) is 5. The summed E-state index contributed by atoms with van der Waals surface area (Å²) >= 11 is 0. The second-order valence-corrected chi connectivity index (χ2v) is 5.03. The van der Waals surface area contributed by atoms with Crippen molar-refractivity contribution in [3.8, 4) is 0 Å². The molecule has 2 N–H and O–H groups in total. The van der Waals surface area contributed by atoms with Crippen LogP contribution in [0.2, 0.25) is 0 Å².